The van der Waals surface area contributed by atoms with E-state index >= 15 is 0 Å². The molecule has 2 N–H and O–H groups in total. The number of rotatable bonds is 0. The first kappa shape index (κ1) is 7.38. The van der Waals surface area contributed by atoms with Crippen molar-refractivity contribution in [2.45, 2.75) is 0 Å². The number of hydrogen-bond donors (Lipinski definition) is 2. The molecular weight excluding hydrogens is 174 g/mol. The Bertz CT molecular complexity index is 534. The Morgan fingerprint density at radius 2 is 2.14 bits per heavy atom. The van der Waals surface area contributed by atoms with Crippen molar-refractivity contribution in [2.75, 3.05) is 5.43 Å². The van der Waals surface area contributed by atoms with E-state index < -0.39 is 0 Å². The van der Waals surface area contributed by atoms with E-state index in [4.69, 9.17) is 0 Å². The van der Waals surface area contributed by atoms with E-state index in [1.807, 2.05) is 18.3 Å². The van der Waals surface area contributed by atoms with E-state index in [2.05, 4.69) is 33.7 Å². The molecule has 3 heteroatoms. The summed E-state index contributed by atoms with van der Waals surface area (Å²) in [5.74, 6) is 0. The van der Waals surface area contributed by atoms with Crippen LogP contribution in [-0.2, 0) is 0 Å². The number of nitrogens with zero attached hydrogens (tertiary/aromatic N) is 1. The molecule has 14 heavy (non-hydrogen) atoms. The third kappa shape index (κ3) is 0.956. The molecule has 3 rings (SSSR count). The van der Waals surface area contributed by atoms with Crippen LogP contribution in [0.3, 0.4) is 0 Å². The highest BCUT2D eigenvalue weighted by Crippen LogP contribution is 2.27. The van der Waals surface area contributed by atoms with Crippen molar-refractivity contribution in [3.05, 3.63) is 36.0 Å². The highest BCUT2D eigenvalue weighted by molar-refractivity contribution is 5.96. The van der Waals surface area contributed by atoms with Gasteiger partial charge in [-0.1, -0.05) is 6.07 Å². The minimum atomic E-state index is 1.03. The second kappa shape index (κ2) is 2.73. The third-order valence-corrected chi connectivity index (χ3v) is 2.38. The molecule has 2 heterocycles. The van der Waals surface area contributed by atoms with Gasteiger partial charge in [0.15, 0.2) is 0 Å². The number of aromatic amines is 1. The van der Waals surface area contributed by atoms with Crippen LogP contribution >= 0.6 is 0 Å². The molecule has 0 atom stereocenters. The molecule has 0 amide bonds. The Kier molecular flexibility index (Phi) is 1.44. The standard InChI is InChI=1S/C11H9N3/c1-2-9-10(14-13-6-1)4-3-8-5-7-12-11(8)9/h1-7,12,14H. The SMILES string of the molecule is C1=Cc2c(ccc3cc[nH]c23)NN=C1. The van der Waals surface area contributed by atoms with Gasteiger partial charge < -0.3 is 4.98 Å². The summed E-state index contributed by atoms with van der Waals surface area (Å²) in [6.45, 7) is 0. The summed E-state index contributed by atoms with van der Waals surface area (Å²) in [6, 6.07) is 6.18. The molecule has 0 fully saturated rings. The van der Waals surface area contributed by atoms with Crippen molar-refractivity contribution in [1.82, 2.24) is 4.98 Å². The van der Waals surface area contributed by atoms with Crippen molar-refractivity contribution in [3.8, 4) is 0 Å². The maximum absolute atomic E-state index is 4.03. The Morgan fingerprint density at radius 3 is 3.14 bits per heavy atom. The lowest BCUT2D eigenvalue weighted by atomic mass is 10.1. The predicted molar refractivity (Wildman–Crippen MR) is 59.4 cm³/mol. The summed E-state index contributed by atoms with van der Waals surface area (Å²) in [4.78, 5) is 3.23. The molecule has 0 unspecified atom stereocenters. The van der Waals surface area contributed by atoms with Gasteiger partial charge in [0.25, 0.3) is 0 Å². The molecule has 1 aliphatic rings. The van der Waals surface area contributed by atoms with E-state index in [9.17, 15) is 0 Å². The zero-order chi connectivity index (χ0) is 9.38. The molecule has 0 bridgehead atoms. The van der Waals surface area contributed by atoms with Gasteiger partial charge in [-0.3, -0.25) is 5.43 Å². The van der Waals surface area contributed by atoms with Crippen LogP contribution in [0.25, 0.3) is 17.0 Å². The monoisotopic (exact) mass is 183 g/mol. The van der Waals surface area contributed by atoms with Crippen molar-refractivity contribution in [1.29, 1.82) is 0 Å². The number of allylic oxidation sites excluding steroid dienone is 1. The highest BCUT2D eigenvalue weighted by Gasteiger charge is 2.06. The zero-order valence-corrected chi connectivity index (χ0v) is 7.49. The van der Waals surface area contributed by atoms with Gasteiger partial charge in [0.05, 0.1) is 11.2 Å². The van der Waals surface area contributed by atoms with Gasteiger partial charge in [0.1, 0.15) is 0 Å². The Hall–Kier alpha value is -2.03. The van der Waals surface area contributed by atoms with Crippen LogP contribution < -0.4 is 5.43 Å². The van der Waals surface area contributed by atoms with Crippen LogP contribution in [0.15, 0.2) is 35.6 Å². The van der Waals surface area contributed by atoms with E-state index in [0.29, 0.717) is 0 Å². The molecule has 1 aliphatic heterocycles. The number of hydrazone groups is 1. The van der Waals surface area contributed by atoms with Crippen molar-refractivity contribution >= 4 is 28.9 Å². The summed E-state index contributed by atoms with van der Waals surface area (Å²) in [7, 11) is 0. The van der Waals surface area contributed by atoms with Gasteiger partial charge in [-0.05, 0) is 24.3 Å². The fourth-order valence-corrected chi connectivity index (χ4v) is 1.71. The lowest BCUT2D eigenvalue weighted by Gasteiger charge is -2.04. The molecule has 0 saturated carbocycles. The molecule has 0 aliphatic carbocycles. The molecule has 1 aromatic carbocycles. The second-order valence-electron chi connectivity index (χ2n) is 3.22. The third-order valence-electron chi connectivity index (χ3n) is 2.38. The zero-order valence-electron chi connectivity index (χ0n) is 7.49. The van der Waals surface area contributed by atoms with Crippen LogP contribution in [0, 0.1) is 0 Å². The highest BCUT2D eigenvalue weighted by atomic mass is 15.3. The lowest BCUT2D eigenvalue weighted by molar-refractivity contribution is 1.36. The first-order chi connectivity index (χ1) is 6.95. The van der Waals surface area contributed by atoms with Crippen molar-refractivity contribution < 1.29 is 0 Å². The maximum atomic E-state index is 4.03. The van der Waals surface area contributed by atoms with E-state index in [1.165, 1.54) is 5.39 Å². The van der Waals surface area contributed by atoms with Gasteiger partial charge in [-0.25, -0.2) is 0 Å². The number of anilines is 1. The Morgan fingerprint density at radius 1 is 1.14 bits per heavy atom. The second-order valence-corrected chi connectivity index (χ2v) is 3.22. The van der Waals surface area contributed by atoms with Gasteiger partial charge in [-0.2, -0.15) is 5.10 Å². The van der Waals surface area contributed by atoms with Gasteiger partial charge in [-0.15, -0.1) is 0 Å². The lowest BCUT2D eigenvalue weighted by Crippen LogP contribution is -1.89. The quantitative estimate of drug-likeness (QED) is 0.647. The van der Waals surface area contributed by atoms with Crippen molar-refractivity contribution in [2.24, 2.45) is 5.10 Å². The first-order valence-electron chi connectivity index (χ1n) is 4.51. The van der Waals surface area contributed by atoms with Crippen LogP contribution in [0.2, 0.25) is 0 Å². The number of fused-ring (bicyclic) bond motifs is 3. The largest absolute Gasteiger partial charge is 0.361 e. The molecule has 0 saturated heterocycles. The predicted octanol–water partition coefficient (Wildman–Crippen LogP) is 2.59. The number of H-pyrrole nitrogens is 1. The van der Waals surface area contributed by atoms with Crippen LogP contribution in [0.5, 0.6) is 0 Å². The Labute approximate surface area is 81.1 Å². The molecule has 2 aromatic rings. The Balaban J connectivity index is 2.38. The minimum Gasteiger partial charge on any atom is -0.361 e. The maximum Gasteiger partial charge on any atom is 0.0655 e. The van der Waals surface area contributed by atoms with Crippen LogP contribution in [-0.4, -0.2) is 11.2 Å². The fourth-order valence-electron chi connectivity index (χ4n) is 1.71. The molecule has 0 spiro atoms. The molecule has 68 valence electrons. The summed E-state index contributed by atoms with van der Waals surface area (Å²) >= 11 is 0. The molecular formula is C11H9N3. The summed E-state index contributed by atoms with van der Waals surface area (Å²) in [6.07, 6.45) is 7.68. The number of hydrogen-bond acceptors (Lipinski definition) is 2. The van der Waals surface area contributed by atoms with Crippen molar-refractivity contribution in [3.63, 3.8) is 0 Å². The summed E-state index contributed by atoms with van der Waals surface area (Å²) in [5, 5.41) is 5.25. The summed E-state index contributed by atoms with van der Waals surface area (Å²) in [5.41, 5.74) is 6.33. The van der Waals surface area contributed by atoms with E-state index in [-0.39, 0.29) is 0 Å². The van der Waals surface area contributed by atoms with E-state index in [0.717, 1.165) is 16.8 Å². The average molecular weight is 183 g/mol. The van der Waals surface area contributed by atoms with Crippen LogP contribution in [0.4, 0.5) is 5.69 Å². The molecule has 0 radical (unpaired) electrons. The minimum absolute atomic E-state index is 1.03. The average Bonchev–Trinajstić information content (AvgIpc) is 2.55. The molecule has 1 aromatic heterocycles. The van der Waals surface area contributed by atoms with Gasteiger partial charge in [0, 0.05) is 23.4 Å². The van der Waals surface area contributed by atoms with Gasteiger partial charge in [0.2, 0.25) is 0 Å². The first-order valence-corrected chi connectivity index (χ1v) is 4.51. The van der Waals surface area contributed by atoms with Crippen LogP contribution in [0.1, 0.15) is 5.56 Å². The molecule has 3 nitrogen and oxygen atoms in total. The van der Waals surface area contributed by atoms with Gasteiger partial charge >= 0.3 is 0 Å². The topological polar surface area (TPSA) is 40.2 Å². The fraction of sp³-hybridized carbons (Fsp3) is 0. The summed E-state index contributed by atoms with van der Waals surface area (Å²) < 4.78 is 0. The number of nitrogens with one attached hydrogen (secondary N) is 2. The smallest absolute Gasteiger partial charge is 0.0655 e. The number of benzene rings is 1. The number of aromatic nitrogens is 1. The van der Waals surface area contributed by atoms with E-state index in [1.54, 1.807) is 6.21 Å². The normalized spacial score (nSPS) is 13.7.